The van der Waals surface area contributed by atoms with Gasteiger partial charge in [-0.3, -0.25) is 0 Å². The van der Waals surface area contributed by atoms with E-state index < -0.39 is 11.9 Å². The standard InChI is InChI=1S/C12H19NO.C8H6O4/c1-5-13-10-6-8-11(9-7-10)14-12(2,3)4;9-7(10)5-2-1-3-6(4-5)8(11)12/h6-9,13H,5H2,1-4H3;1-4H,(H,9,10)(H,11,12). The van der Waals surface area contributed by atoms with Crippen molar-refractivity contribution in [3.05, 3.63) is 59.7 Å². The molecule has 0 aromatic heterocycles. The zero-order chi connectivity index (χ0) is 19.7. The lowest BCUT2D eigenvalue weighted by Crippen LogP contribution is -2.22. The summed E-state index contributed by atoms with van der Waals surface area (Å²) < 4.78 is 5.71. The molecule has 0 aliphatic rings. The van der Waals surface area contributed by atoms with Crippen LogP contribution in [0.1, 0.15) is 48.4 Å². The van der Waals surface area contributed by atoms with Gasteiger partial charge in [-0.05, 0) is 70.2 Å². The number of benzene rings is 2. The normalized spacial score (nSPS) is 10.3. The summed E-state index contributed by atoms with van der Waals surface area (Å²) in [7, 11) is 0. The molecule has 0 heterocycles. The summed E-state index contributed by atoms with van der Waals surface area (Å²) in [5, 5.41) is 20.2. The van der Waals surface area contributed by atoms with Crippen molar-refractivity contribution in [2.45, 2.75) is 33.3 Å². The Hall–Kier alpha value is -3.02. The van der Waals surface area contributed by atoms with Crippen LogP contribution in [0.4, 0.5) is 5.69 Å². The Kier molecular flexibility index (Phi) is 7.65. The van der Waals surface area contributed by atoms with E-state index in [0.29, 0.717) is 0 Å². The molecule has 0 spiro atoms. The lowest BCUT2D eigenvalue weighted by Gasteiger charge is -2.21. The van der Waals surface area contributed by atoms with E-state index in [2.05, 4.69) is 12.2 Å². The number of carboxylic acids is 2. The van der Waals surface area contributed by atoms with Crippen LogP contribution in [0.3, 0.4) is 0 Å². The first kappa shape index (κ1) is 21.0. The molecule has 0 fully saturated rings. The highest BCUT2D eigenvalue weighted by Crippen LogP contribution is 2.20. The first-order chi connectivity index (χ1) is 12.1. The quantitative estimate of drug-likeness (QED) is 0.733. The first-order valence-corrected chi connectivity index (χ1v) is 8.22. The number of nitrogens with one attached hydrogen (secondary N) is 1. The van der Waals surface area contributed by atoms with Gasteiger partial charge >= 0.3 is 11.9 Å². The van der Waals surface area contributed by atoms with Gasteiger partial charge in [-0.25, -0.2) is 9.59 Å². The summed E-state index contributed by atoms with van der Waals surface area (Å²) >= 11 is 0. The van der Waals surface area contributed by atoms with Crippen molar-refractivity contribution in [1.82, 2.24) is 0 Å². The third-order valence-electron chi connectivity index (χ3n) is 3.02. The molecule has 6 nitrogen and oxygen atoms in total. The van der Waals surface area contributed by atoms with E-state index in [9.17, 15) is 9.59 Å². The van der Waals surface area contributed by atoms with E-state index in [1.54, 1.807) is 0 Å². The van der Waals surface area contributed by atoms with Crippen LogP contribution in [0.5, 0.6) is 5.75 Å². The number of anilines is 1. The van der Waals surface area contributed by atoms with Crippen LogP contribution in [0.15, 0.2) is 48.5 Å². The van der Waals surface area contributed by atoms with E-state index in [1.807, 2.05) is 45.0 Å². The van der Waals surface area contributed by atoms with Gasteiger partial charge in [-0.1, -0.05) is 6.07 Å². The zero-order valence-electron chi connectivity index (χ0n) is 15.4. The number of carbonyl (C=O) groups is 2. The number of rotatable bonds is 5. The second-order valence-electron chi connectivity index (χ2n) is 6.46. The summed E-state index contributed by atoms with van der Waals surface area (Å²) in [5.41, 5.74) is 0.971. The fraction of sp³-hybridized carbons (Fsp3) is 0.300. The highest BCUT2D eigenvalue weighted by Gasteiger charge is 2.11. The molecule has 0 aliphatic heterocycles. The maximum atomic E-state index is 10.4. The molecule has 0 saturated heterocycles. The smallest absolute Gasteiger partial charge is 0.335 e. The number of aromatic carboxylic acids is 2. The molecule has 0 saturated carbocycles. The molecule has 0 radical (unpaired) electrons. The summed E-state index contributed by atoms with van der Waals surface area (Å²) in [6, 6.07) is 13.2. The SMILES string of the molecule is CCNc1ccc(OC(C)(C)C)cc1.O=C(O)c1cccc(C(=O)O)c1. The molecule has 0 bridgehead atoms. The van der Waals surface area contributed by atoms with Crippen molar-refractivity contribution in [2.75, 3.05) is 11.9 Å². The summed E-state index contributed by atoms with van der Waals surface area (Å²) in [5.74, 6) is -1.34. The molecular weight excluding hydrogens is 334 g/mol. The van der Waals surface area contributed by atoms with Crippen LogP contribution in [0.2, 0.25) is 0 Å². The van der Waals surface area contributed by atoms with E-state index in [-0.39, 0.29) is 16.7 Å². The van der Waals surface area contributed by atoms with Gasteiger partial charge < -0.3 is 20.3 Å². The minimum absolute atomic E-state index is 0.0186. The summed E-state index contributed by atoms with van der Waals surface area (Å²) in [4.78, 5) is 20.8. The molecule has 6 heteroatoms. The van der Waals surface area contributed by atoms with Crippen molar-refractivity contribution in [3.8, 4) is 5.75 Å². The van der Waals surface area contributed by atoms with Crippen LogP contribution >= 0.6 is 0 Å². The number of hydrogen-bond donors (Lipinski definition) is 3. The molecule has 2 rings (SSSR count). The molecule has 0 amide bonds. The van der Waals surface area contributed by atoms with Crippen molar-refractivity contribution >= 4 is 17.6 Å². The number of ether oxygens (including phenoxy) is 1. The minimum Gasteiger partial charge on any atom is -0.488 e. The number of hydrogen-bond acceptors (Lipinski definition) is 4. The van der Waals surface area contributed by atoms with Crippen LogP contribution in [0.25, 0.3) is 0 Å². The van der Waals surface area contributed by atoms with Gasteiger partial charge in [0, 0.05) is 12.2 Å². The molecule has 2 aromatic carbocycles. The van der Waals surface area contributed by atoms with Crippen molar-refractivity contribution < 1.29 is 24.5 Å². The summed E-state index contributed by atoms with van der Waals surface area (Å²) in [6.07, 6.45) is 0. The van der Waals surface area contributed by atoms with E-state index in [1.165, 1.54) is 18.2 Å². The second-order valence-corrected chi connectivity index (χ2v) is 6.46. The fourth-order valence-corrected chi connectivity index (χ4v) is 1.98. The van der Waals surface area contributed by atoms with Gasteiger partial charge in [-0.15, -0.1) is 0 Å². The topological polar surface area (TPSA) is 95.9 Å². The monoisotopic (exact) mass is 359 g/mol. The largest absolute Gasteiger partial charge is 0.488 e. The van der Waals surface area contributed by atoms with Gasteiger partial charge in [0.2, 0.25) is 0 Å². The third-order valence-corrected chi connectivity index (χ3v) is 3.02. The minimum atomic E-state index is -1.13. The molecule has 2 aromatic rings. The average molecular weight is 359 g/mol. The van der Waals surface area contributed by atoms with E-state index >= 15 is 0 Å². The Morgan fingerprint density at radius 3 is 1.85 bits per heavy atom. The summed E-state index contributed by atoms with van der Waals surface area (Å²) in [6.45, 7) is 9.17. The lowest BCUT2D eigenvalue weighted by molar-refractivity contribution is 0.0696. The maximum Gasteiger partial charge on any atom is 0.335 e. The van der Waals surface area contributed by atoms with Gasteiger partial charge in [0.25, 0.3) is 0 Å². The van der Waals surface area contributed by atoms with Crippen LogP contribution < -0.4 is 10.1 Å². The molecule has 26 heavy (non-hydrogen) atoms. The van der Waals surface area contributed by atoms with E-state index in [0.717, 1.165) is 24.0 Å². The van der Waals surface area contributed by atoms with Gasteiger partial charge in [0.15, 0.2) is 0 Å². The fourth-order valence-electron chi connectivity index (χ4n) is 1.98. The highest BCUT2D eigenvalue weighted by atomic mass is 16.5. The molecular formula is C20H25NO5. The Bertz CT molecular complexity index is 703. The van der Waals surface area contributed by atoms with Crippen LogP contribution in [-0.2, 0) is 0 Å². The number of carboxylic acid groups (broad SMARTS) is 2. The van der Waals surface area contributed by atoms with Gasteiger partial charge in [0.05, 0.1) is 11.1 Å². The molecule has 3 N–H and O–H groups in total. The second kappa shape index (κ2) is 9.46. The van der Waals surface area contributed by atoms with E-state index in [4.69, 9.17) is 14.9 Å². The molecule has 0 atom stereocenters. The van der Waals surface area contributed by atoms with Crippen LogP contribution in [-0.4, -0.2) is 34.3 Å². The van der Waals surface area contributed by atoms with Crippen LogP contribution in [0, 0.1) is 0 Å². The zero-order valence-corrected chi connectivity index (χ0v) is 15.4. The molecule has 0 unspecified atom stereocenters. The highest BCUT2D eigenvalue weighted by molar-refractivity contribution is 5.93. The third kappa shape index (κ3) is 7.70. The predicted octanol–water partition coefficient (Wildman–Crippen LogP) is 4.38. The van der Waals surface area contributed by atoms with Crippen molar-refractivity contribution in [2.24, 2.45) is 0 Å². The Labute approximate surface area is 153 Å². The Morgan fingerprint density at radius 1 is 0.962 bits per heavy atom. The van der Waals surface area contributed by atoms with Crippen molar-refractivity contribution in [3.63, 3.8) is 0 Å². The first-order valence-electron chi connectivity index (χ1n) is 8.22. The maximum absolute atomic E-state index is 10.4. The van der Waals surface area contributed by atoms with Crippen molar-refractivity contribution in [1.29, 1.82) is 0 Å². The predicted molar refractivity (Wildman–Crippen MR) is 101 cm³/mol. The molecule has 0 aliphatic carbocycles. The van der Waals surface area contributed by atoms with Gasteiger partial charge in [0.1, 0.15) is 11.4 Å². The molecule has 140 valence electrons. The Morgan fingerprint density at radius 2 is 1.46 bits per heavy atom. The van der Waals surface area contributed by atoms with Gasteiger partial charge in [-0.2, -0.15) is 0 Å². The lowest BCUT2D eigenvalue weighted by atomic mass is 10.1. The Balaban J connectivity index is 0.000000263. The average Bonchev–Trinajstić information content (AvgIpc) is 2.56.